The van der Waals surface area contributed by atoms with Crippen molar-refractivity contribution in [2.75, 3.05) is 13.1 Å². The number of hydrogen-bond acceptors (Lipinski definition) is 1. The minimum absolute atomic E-state index is 0.928. The first-order chi connectivity index (χ1) is 8.38. The molecule has 0 aliphatic carbocycles. The zero-order valence-electron chi connectivity index (χ0n) is 12.2. The summed E-state index contributed by atoms with van der Waals surface area (Å²) >= 11 is 0. The van der Waals surface area contributed by atoms with Crippen LogP contribution < -0.4 is 0 Å². The molecule has 102 valence electrons. The molecule has 0 aromatic heterocycles. The van der Waals surface area contributed by atoms with E-state index in [2.05, 4.69) is 18.7 Å². The Morgan fingerprint density at radius 1 is 0.765 bits per heavy atom. The van der Waals surface area contributed by atoms with Crippen LogP contribution in [-0.4, -0.2) is 24.0 Å². The van der Waals surface area contributed by atoms with Gasteiger partial charge in [0.25, 0.3) is 0 Å². The van der Waals surface area contributed by atoms with Gasteiger partial charge in [0, 0.05) is 6.04 Å². The molecule has 1 fully saturated rings. The van der Waals surface area contributed by atoms with Crippen molar-refractivity contribution in [1.82, 2.24) is 4.90 Å². The molecule has 17 heavy (non-hydrogen) atoms. The van der Waals surface area contributed by atoms with Crippen molar-refractivity contribution in [1.29, 1.82) is 0 Å². The molecular formula is C16H33N. The van der Waals surface area contributed by atoms with Gasteiger partial charge in [-0.25, -0.2) is 0 Å². The van der Waals surface area contributed by atoms with Gasteiger partial charge in [0.05, 0.1) is 0 Å². The van der Waals surface area contributed by atoms with Crippen LogP contribution in [0.2, 0.25) is 0 Å². The van der Waals surface area contributed by atoms with Crippen LogP contribution in [0.5, 0.6) is 0 Å². The van der Waals surface area contributed by atoms with Crippen molar-refractivity contribution < 1.29 is 0 Å². The average molecular weight is 239 g/mol. The molecule has 0 aromatic rings. The summed E-state index contributed by atoms with van der Waals surface area (Å²) in [5, 5.41) is 0. The highest BCUT2D eigenvalue weighted by molar-refractivity contribution is 4.78. The van der Waals surface area contributed by atoms with E-state index in [9.17, 15) is 0 Å². The lowest BCUT2D eigenvalue weighted by Crippen LogP contribution is -2.45. The van der Waals surface area contributed by atoms with Crippen molar-refractivity contribution in [3.63, 3.8) is 0 Å². The van der Waals surface area contributed by atoms with Crippen LogP contribution in [-0.2, 0) is 0 Å². The largest absolute Gasteiger partial charge is 0.300 e. The van der Waals surface area contributed by atoms with Crippen LogP contribution in [0.1, 0.15) is 84.5 Å². The molecule has 1 aliphatic rings. The van der Waals surface area contributed by atoms with E-state index in [4.69, 9.17) is 0 Å². The molecule has 1 atom stereocenters. The molecule has 1 heteroatoms. The van der Waals surface area contributed by atoms with Gasteiger partial charge in [0.1, 0.15) is 0 Å². The smallest absolute Gasteiger partial charge is 0.00952 e. The molecule has 1 nitrogen and oxygen atoms in total. The molecule has 0 bridgehead atoms. The summed E-state index contributed by atoms with van der Waals surface area (Å²) < 4.78 is 0. The van der Waals surface area contributed by atoms with Crippen molar-refractivity contribution >= 4 is 0 Å². The highest BCUT2D eigenvalue weighted by Gasteiger charge is 2.22. The Hall–Kier alpha value is -0.0400. The van der Waals surface area contributed by atoms with Gasteiger partial charge >= 0.3 is 0 Å². The predicted molar refractivity (Wildman–Crippen MR) is 77.5 cm³/mol. The molecule has 1 saturated heterocycles. The van der Waals surface area contributed by atoms with E-state index < -0.39 is 0 Å². The lowest BCUT2D eigenvalue weighted by atomic mass is 9.97. The molecule has 0 N–H and O–H groups in total. The van der Waals surface area contributed by atoms with Crippen LogP contribution in [0.3, 0.4) is 0 Å². The van der Waals surface area contributed by atoms with Crippen LogP contribution in [0.4, 0.5) is 0 Å². The topological polar surface area (TPSA) is 3.24 Å². The van der Waals surface area contributed by atoms with Crippen molar-refractivity contribution in [2.24, 2.45) is 0 Å². The van der Waals surface area contributed by atoms with Gasteiger partial charge in [0.2, 0.25) is 0 Å². The number of likely N-dealkylation sites (tertiary alicyclic amines) is 1. The summed E-state index contributed by atoms with van der Waals surface area (Å²) in [6.45, 7) is 7.37. The van der Waals surface area contributed by atoms with E-state index in [1.165, 1.54) is 83.7 Å². The first-order valence-electron chi connectivity index (χ1n) is 8.12. The summed E-state index contributed by atoms with van der Waals surface area (Å²) in [5.41, 5.74) is 0. The van der Waals surface area contributed by atoms with E-state index >= 15 is 0 Å². The third-order valence-electron chi connectivity index (χ3n) is 4.19. The molecule has 1 aliphatic heterocycles. The third-order valence-corrected chi connectivity index (χ3v) is 4.19. The van der Waals surface area contributed by atoms with Crippen molar-refractivity contribution in [2.45, 2.75) is 90.5 Å². The second-order valence-electron chi connectivity index (χ2n) is 5.74. The summed E-state index contributed by atoms with van der Waals surface area (Å²) in [5.74, 6) is 0. The molecule has 0 spiro atoms. The van der Waals surface area contributed by atoms with E-state index in [0.717, 1.165) is 6.04 Å². The summed E-state index contributed by atoms with van der Waals surface area (Å²) in [6, 6.07) is 0.928. The predicted octanol–water partition coefficient (Wildman–Crippen LogP) is 5.00. The standard InChI is InChI=1S/C16H33N/c1-3-5-7-8-10-13-16(12-9-6-4-2)17-14-11-15-17/h16H,3-15H2,1-2H3. The third kappa shape index (κ3) is 6.45. The number of hydrogen-bond donors (Lipinski definition) is 0. The number of unbranched alkanes of at least 4 members (excludes halogenated alkanes) is 6. The van der Waals surface area contributed by atoms with Crippen LogP contribution in [0.25, 0.3) is 0 Å². The van der Waals surface area contributed by atoms with Crippen LogP contribution >= 0.6 is 0 Å². The van der Waals surface area contributed by atoms with Crippen molar-refractivity contribution in [3.05, 3.63) is 0 Å². The van der Waals surface area contributed by atoms with Crippen LogP contribution in [0, 0.1) is 0 Å². The Morgan fingerprint density at radius 3 is 1.82 bits per heavy atom. The minimum Gasteiger partial charge on any atom is -0.300 e. The molecule has 1 unspecified atom stereocenters. The SMILES string of the molecule is CCCCCCCC(CCCCC)N1CCC1. The maximum absolute atomic E-state index is 2.73. The lowest BCUT2D eigenvalue weighted by molar-refractivity contribution is 0.101. The van der Waals surface area contributed by atoms with Gasteiger partial charge in [-0.1, -0.05) is 65.2 Å². The first-order valence-corrected chi connectivity index (χ1v) is 8.12. The quantitative estimate of drug-likeness (QED) is 0.459. The zero-order valence-corrected chi connectivity index (χ0v) is 12.2. The van der Waals surface area contributed by atoms with Gasteiger partial charge in [-0.3, -0.25) is 0 Å². The summed E-state index contributed by atoms with van der Waals surface area (Å²) in [4.78, 5) is 2.73. The fourth-order valence-corrected chi connectivity index (χ4v) is 2.83. The summed E-state index contributed by atoms with van der Waals surface area (Å²) in [6.07, 6.45) is 15.8. The minimum atomic E-state index is 0.928. The van der Waals surface area contributed by atoms with Gasteiger partial charge in [-0.2, -0.15) is 0 Å². The second kappa shape index (κ2) is 9.94. The van der Waals surface area contributed by atoms with E-state index in [1.54, 1.807) is 0 Å². The fourth-order valence-electron chi connectivity index (χ4n) is 2.83. The van der Waals surface area contributed by atoms with Gasteiger partial charge in [-0.05, 0) is 32.4 Å². The molecule has 0 aromatic carbocycles. The zero-order chi connectivity index (χ0) is 12.3. The Labute approximate surface area is 109 Å². The van der Waals surface area contributed by atoms with E-state index in [0.29, 0.717) is 0 Å². The van der Waals surface area contributed by atoms with Gasteiger partial charge in [0.15, 0.2) is 0 Å². The number of nitrogens with zero attached hydrogens (tertiary/aromatic N) is 1. The second-order valence-corrected chi connectivity index (χ2v) is 5.74. The van der Waals surface area contributed by atoms with E-state index in [-0.39, 0.29) is 0 Å². The first kappa shape index (κ1) is 15.0. The van der Waals surface area contributed by atoms with Gasteiger partial charge in [-0.15, -0.1) is 0 Å². The molecule has 0 amide bonds. The highest BCUT2D eigenvalue weighted by atomic mass is 15.2. The Morgan fingerprint density at radius 2 is 1.29 bits per heavy atom. The van der Waals surface area contributed by atoms with Crippen LogP contribution in [0.15, 0.2) is 0 Å². The summed E-state index contributed by atoms with van der Waals surface area (Å²) in [7, 11) is 0. The molecule has 0 saturated carbocycles. The van der Waals surface area contributed by atoms with Crippen molar-refractivity contribution in [3.8, 4) is 0 Å². The lowest BCUT2D eigenvalue weighted by Gasteiger charge is -2.38. The Bertz CT molecular complexity index is 163. The van der Waals surface area contributed by atoms with E-state index in [1.807, 2.05) is 0 Å². The average Bonchev–Trinajstić information content (AvgIpc) is 2.26. The molecular weight excluding hydrogens is 206 g/mol. The molecule has 1 heterocycles. The Kier molecular flexibility index (Phi) is 8.78. The number of rotatable bonds is 11. The fraction of sp³-hybridized carbons (Fsp3) is 1.00. The molecule has 0 radical (unpaired) electrons. The van der Waals surface area contributed by atoms with Gasteiger partial charge < -0.3 is 4.90 Å². The molecule has 1 rings (SSSR count). The monoisotopic (exact) mass is 239 g/mol. The Balaban J connectivity index is 2.07. The maximum Gasteiger partial charge on any atom is 0.00952 e. The highest BCUT2D eigenvalue weighted by Crippen LogP contribution is 2.21. The normalized spacial score (nSPS) is 18.0. The maximum atomic E-state index is 2.73.